The third kappa shape index (κ3) is 4.28. The predicted octanol–water partition coefficient (Wildman–Crippen LogP) is 0.877. The number of methoxy groups -OCH3 is 2. The number of nitrogens with one attached hydrogen (secondary N) is 1. The SMILES string of the molecule is COc1nc(N/N=C\c2ccc(O)c(OC)c2)nc(N2CCOCC2)n1. The molecule has 2 N–H and O–H groups in total. The highest BCUT2D eigenvalue weighted by atomic mass is 16.5. The minimum Gasteiger partial charge on any atom is -0.504 e. The summed E-state index contributed by atoms with van der Waals surface area (Å²) in [6, 6.07) is 5.09. The summed E-state index contributed by atoms with van der Waals surface area (Å²) in [5, 5.41) is 13.7. The van der Waals surface area contributed by atoms with Gasteiger partial charge in [-0.2, -0.15) is 20.1 Å². The number of aromatic nitrogens is 3. The summed E-state index contributed by atoms with van der Waals surface area (Å²) in [7, 11) is 2.98. The smallest absolute Gasteiger partial charge is 0.322 e. The van der Waals surface area contributed by atoms with Gasteiger partial charge < -0.3 is 24.2 Å². The zero-order chi connectivity index (χ0) is 18.4. The Balaban J connectivity index is 1.74. The van der Waals surface area contributed by atoms with Crippen LogP contribution in [0.5, 0.6) is 17.5 Å². The maximum atomic E-state index is 9.61. The molecule has 1 fully saturated rings. The van der Waals surface area contributed by atoms with Gasteiger partial charge in [-0.15, -0.1) is 0 Å². The van der Waals surface area contributed by atoms with E-state index in [4.69, 9.17) is 14.2 Å². The van der Waals surface area contributed by atoms with Gasteiger partial charge in [-0.25, -0.2) is 5.43 Å². The molecule has 2 heterocycles. The molecule has 1 aliphatic heterocycles. The number of anilines is 2. The van der Waals surface area contributed by atoms with Gasteiger partial charge >= 0.3 is 6.01 Å². The lowest BCUT2D eigenvalue weighted by molar-refractivity contribution is 0.122. The van der Waals surface area contributed by atoms with Crippen LogP contribution < -0.4 is 19.8 Å². The summed E-state index contributed by atoms with van der Waals surface area (Å²) in [5.74, 6) is 1.20. The molecule has 0 bridgehead atoms. The Morgan fingerprint density at radius 1 is 1.19 bits per heavy atom. The Morgan fingerprint density at radius 3 is 2.73 bits per heavy atom. The molecule has 0 radical (unpaired) electrons. The van der Waals surface area contributed by atoms with Crippen molar-refractivity contribution in [3.8, 4) is 17.5 Å². The largest absolute Gasteiger partial charge is 0.504 e. The molecule has 0 unspecified atom stereocenters. The first-order valence-electron chi connectivity index (χ1n) is 7.98. The highest BCUT2D eigenvalue weighted by Gasteiger charge is 2.16. The molecule has 1 saturated heterocycles. The quantitative estimate of drug-likeness (QED) is 0.572. The Kier molecular flexibility index (Phi) is 5.64. The van der Waals surface area contributed by atoms with E-state index >= 15 is 0 Å². The first-order chi connectivity index (χ1) is 12.7. The van der Waals surface area contributed by atoms with E-state index < -0.39 is 0 Å². The van der Waals surface area contributed by atoms with Crippen molar-refractivity contribution >= 4 is 18.1 Å². The van der Waals surface area contributed by atoms with Gasteiger partial charge in [-0.3, -0.25) is 0 Å². The van der Waals surface area contributed by atoms with Gasteiger partial charge in [0.05, 0.1) is 33.6 Å². The van der Waals surface area contributed by atoms with Crippen LogP contribution in [0.3, 0.4) is 0 Å². The number of benzene rings is 1. The number of phenols is 1. The van der Waals surface area contributed by atoms with Gasteiger partial charge in [-0.05, 0) is 23.8 Å². The van der Waals surface area contributed by atoms with Crippen LogP contribution in [0.1, 0.15) is 5.56 Å². The summed E-state index contributed by atoms with van der Waals surface area (Å²) >= 11 is 0. The molecule has 0 aliphatic carbocycles. The molecular formula is C16H20N6O4. The minimum atomic E-state index is 0.0648. The van der Waals surface area contributed by atoms with Gasteiger partial charge in [0.2, 0.25) is 5.95 Å². The van der Waals surface area contributed by atoms with Crippen molar-refractivity contribution in [1.29, 1.82) is 0 Å². The molecule has 0 saturated carbocycles. The van der Waals surface area contributed by atoms with E-state index in [0.29, 0.717) is 38.0 Å². The number of phenolic OH excluding ortho intramolecular Hbond substituents is 1. The number of hydrazone groups is 1. The molecule has 0 spiro atoms. The van der Waals surface area contributed by atoms with Crippen LogP contribution in [-0.4, -0.2) is 66.8 Å². The minimum absolute atomic E-state index is 0.0648. The Hall–Kier alpha value is -3.14. The second kappa shape index (κ2) is 8.30. The predicted molar refractivity (Wildman–Crippen MR) is 95.3 cm³/mol. The number of ether oxygens (including phenoxy) is 3. The van der Waals surface area contributed by atoms with Gasteiger partial charge in [0, 0.05) is 13.1 Å². The molecule has 1 aliphatic rings. The summed E-state index contributed by atoms with van der Waals surface area (Å²) in [6.45, 7) is 2.64. The van der Waals surface area contributed by atoms with Gasteiger partial charge in [-0.1, -0.05) is 0 Å². The molecule has 138 valence electrons. The highest BCUT2D eigenvalue weighted by molar-refractivity contribution is 5.81. The summed E-state index contributed by atoms with van der Waals surface area (Å²) in [6.07, 6.45) is 1.56. The third-order valence-electron chi connectivity index (χ3n) is 3.66. The van der Waals surface area contributed by atoms with Gasteiger partial charge in [0.25, 0.3) is 5.95 Å². The summed E-state index contributed by atoms with van der Waals surface area (Å²) in [4.78, 5) is 14.8. The van der Waals surface area contributed by atoms with E-state index in [-0.39, 0.29) is 17.7 Å². The average Bonchev–Trinajstić information content (AvgIpc) is 2.69. The first-order valence-corrected chi connectivity index (χ1v) is 7.98. The molecule has 26 heavy (non-hydrogen) atoms. The Labute approximate surface area is 150 Å². The van der Waals surface area contributed by atoms with Crippen LogP contribution in [0.2, 0.25) is 0 Å². The van der Waals surface area contributed by atoms with E-state index in [9.17, 15) is 5.11 Å². The molecule has 2 aromatic rings. The number of aromatic hydroxyl groups is 1. The van der Waals surface area contributed by atoms with Crippen molar-refractivity contribution in [2.45, 2.75) is 0 Å². The van der Waals surface area contributed by atoms with Crippen LogP contribution in [0, 0.1) is 0 Å². The summed E-state index contributed by atoms with van der Waals surface area (Å²) < 4.78 is 15.5. The average molecular weight is 360 g/mol. The summed E-state index contributed by atoms with van der Waals surface area (Å²) in [5.41, 5.74) is 3.50. The fraction of sp³-hybridized carbons (Fsp3) is 0.375. The van der Waals surface area contributed by atoms with Crippen molar-refractivity contribution in [2.75, 3.05) is 50.8 Å². The first kappa shape index (κ1) is 17.7. The number of rotatable bonds is 6. The number of morpholine rings is 1. The number of hydrogen-bond donors (Lipinski definition) is 2. The molecular weight excluding hydrogens is 340 g/mol. The number of nitrogens with zero attached hydrogens (tertiary/aromatic N) is 5. The molecule has 1 aromatic heterocycles. The molecule has 10 heteroatoms. The van der Waals surface area contributed by atoms with Gasteiger partial charge in [0.1, 0.15) is 0 Å². The second-order valence-corrected chi connectivity index (χ2v) is 5.35. The maximum absolute atomic E-state index is 9.61. The third-order valence-corrected chi connectivity index (χ3v) is 3.66. The lowest BCUT2D eigenvalue weighted by Gasteiger charge is -2.26. The molecule has 0 atom stereocenters. The highest BCUT2D eigenvalue weighted by Crippen LogP contribution is 2.25. The van der Waals surface area contributed by atoms with E-state index in [2.05, 4.69) is 25.5 Å². The van der Waals surface area contributed by atoms with Gasteiger partial charge in [0.15, 0.2) is 11.5 Å². The molecule has 3 rings (SSSR count). The van der Waals surface area contributed by atoms with Crippen LogP contribution in [0.15, 0.2) is 23.3 Å². The molecule has 1 aromatic carbocycles. The van der Waals surface area contributed by atoms with E-state index in [1.54, 1.807) is 18.3 Å². The molecule has 0 amide bonds. The fourth-order valence-electron chi connectivity index (χ4n) is 2.33. The van der Waals surface area contributed by atoms with Crippen molar-refractivity contribution in [3.63, 3.8) is 0 Å². The van der Waals surface area contributed by atoms with E-state index in [1.807, 2.05) is 4.90 Å². The zero-order valence-corrected chi connectivity index (χ0v) is 14.5. The zero-order valence-electron chi connectivity index (χ0n) is 14.5. The molecule has 10 nitrogen and oxygen atoms in total. The maximum Gasteiger partial charge on any atom is 0.322 e. The lowest BCUT2D eigenvalue weighted by atomic mass is 10.2. The monoisotopic (exact) mass is 360 g/mol. The fourth-order valence-corrected chi connectivity index (χ4v) is 2.33. The lowest BCUT2D eigenvalue weighted by Crippen LogP contribution is -2.37. The van der Waals surface area contributed by atoms with Crippen molar-refractivity contribution in [2.24, 2.45) is 5.10 Å². The van der Waals surface area contributed by atoms with E-state index in [1.165, 1.54) is 20.3 Å². The van der Waals surface area contributed by atoms with Crippen LogP contribution in [0.4, 0.5) is 11.9 Å². The topological polar surface area (TPSA) is 114 Å². The van der Waals surface area contributed by atoms with E-state index in [0.717, 1.165) is 5.56 Å². The van der Waals surface area contributed by atoms with Crippen LogP contribution in [-0.2, 0) is 4.74 Å². The van der Waals surface area contributed by atoms with Crippen LogP contribution >= 0.6 is 0 Å². The van der Waals surface area contributed by atoms with Crippen LogP contribution in [0.25, 0.3) is 0 Å². The van der Waals surface area contributed by atoms with Crippen molar-refractivity contribution < 1.29 is 19.3 Å². The normalized spacial score (nSPS) is 14.5. The number of hydrogen-bond acceptors (Lipinski definition) is 10. The van der Waals surface area contributed by atoms with Crippen molar-refractivity contribution in [1.82, 2.24) is 15.0 Å². The Bertz CT molecular complexity index is 779. The Morgan fingerprint density at radius 2 is 2.00 bits per heavy atom. The van der Waals surface area contributed by atoms with Crippen molar-refractivity contribution in [3.05, 3.63) is 23.8 Å². The standard InChI is InChI=1S/C16H20N6O4/c1-24-13-9-11(3-4-12(13)23)10-17-21-14-18-15(20-16(19-14)25-2)22-5-7-26-8-6-22/h3-4,9-10,23H,5-8H2,1-2H3,(H,18,19,20,21)/b17-10-. The second-order valence-electron chi connectivity index (χ2n) is 5.35.